The maximum atomic E-state index is 11.5. The number of rotatable bonds is 5. The summed E-state index contributed by atoms with van der Waals surface area (Å²) in [6.07, 6.45) is 3.07. The molecule has 0 aliphatic rings. The topological polar surface area (TPSA) is 90.4 Å². The summed E-state index contributed by atoms with van der Waals surface area (Å²) in [7, 11) is 0. The van der Waals surface area contributed by atoms with Crippen LogP contribution in [0.1, 0.15) is 24.6 Å². The maximum absolute atomic E-state index is 11.5. The van der Waals surface area contributed by atoms with Gasteiger partial charge in [0.25, 0.3) is 5.56 Å². The van der Waals surface area contributed by atoms with E-state index >= 15 is 0 Å². The van der Waals surface area contributed by atoms with Crippen molar-refractivity contribution >= 4 is 44.0 Å². The number of aromatic nitrogens is 2. The second-order valence-corrected chi connectivity index (χ2v) is 6.30. The molecule has 0 aliphatic carbocycles. The molecule has 22 heavy (non-hydrogen) atoms. The highest BCUT2D eigenvalue weighted by molar-refractivity contribution is 9.11. The zero-order valence-electron chi connectivity index (χ0n) is 11.7. The third-order valence-electron chi connectivity index (χ3n) is 2.73. The van der Waals surface area contributed by atoms with Gasteiger partial charge in [0, 0.05) is 21.8 Å². The maximum Gasteiger partial charge on any atom is 0.252 e. The Hall–Kier alpha value is -1.67. The van der Waals surface area contributed by atoms with Crippen LogP contribution >= 0.6 is 31.9 Å². The van der Waals surface area contributed by atoms with E-state index in [2.05, 4.69) is 52.4 Å². The number of phenols is 1. The summed E-state index contributed by atoms with van der Waals surface area (Å²) < 4.78 is 1.36. The standard InChI is InChI=1S/C14H14Br2N4O2/c1-2-3-10-6-12(21)19-14(18-10)20-17-7-8-4-9(15)5-11(16)13(8)22/h4-7,22H,2-3H2,1H3,(H2,18,19,20,21). The van der Waals surface area contributed by atoms with Crippen LogP contribution in [0.5, 0.6) is 5.75 Å². The summed E-state index contributed by atoms with van der Waals surface area (Å²) in [5.41, 5.74) is 3.65. The van der Waals surface area contributed by atoms with Crippen LogP contribution in [0.2, 0.25) is 0 Å². The number of benzene rings is 1. The second kappa shape index (κ2) is 7.55. The van der Waals surface area contributed by atoms with E-state index in [1.807, 2.05) is 6.92 Å². The van der Waals surface area contributed by atoms with Gasteiger partial charge in [-0.25, -0.2) is 10.4 Å². The summed E-state index contributed by atoms with van der Waals surface area (Å²) >= 11 is 6.59. The van der Waals surface area contributed by atoms with Crippen molar-refractivity contribution in [2.45, 2.75) is 19.8 Å². The summed E-state index contributed by atoms with van der Waals surface area (Å²) in [4.78, 5) is 18.3. The SMILES string of the molecule is CCCc1cc(=O)[nH]c(NN=Cc2cc(Br)cc(Br)c2O)n1. The van der Waals surface area contributed by atoms with E-state index in [0.29, 0.717) is 15.7 Å². The molecule has 0 aliphatic heterocycles. The average Bonchev–Trinajstić information content (AvgIpc) is 2.44. The van der Waals surface area contributed by atoms with Gasteiger partial charge in [0.05, 0.1) is 10.7 Å². The van der Waals surface area contributed by atoms with Crippen molar-refractivity contribution in [1.29, 1.82) is 0 Å². The van der Waals surface area contributed by atoms with E-state index in [1.165, 1.54) is 12.3 Å². The molecule has 116 valence electrons. The van der Waals surface area contributed by atoms with Gasteiger partial charge in [0.2, 0.25) is 5.95 Å². The van der Waals surface area contributed by atoms with Crippen molar-refractivity contribution in [2.75, 3.05) is 5.43 Å². The summed E-state index contributed by atoms with van der Waals surface area (Å²) in [6.45, 7) is 2.02. The Morgan fingerprint density at radius 1 is 1.41 bits per heavy atom. The van der Waals surface area contributed by atoms with Crippen LogP contribution in [0.4, 0.5) is 5.95 Å². The normalized spacial score (nSPS) is 11.0. The van der Waals surface area contributed by atoms with Gasteiger partial charge < -0.3 is 5.11 Å². The number of H-pyrrole nitrogens is 1. The van der Waals surface area contributed by atoms with Gasteiger partial charge in [-0.15, -0.1) is 0 Å². The molecule has 0 spiro atoms. The molecule has 6 nitrogen and oxygen atoms in total. The molecular weight excluding hydrogens is 416 g/mol. The van der Waals surface area contributed by atoms with Gasteiger partial charge in [-0.2, -0.15) is 5.10 Å². The fraction of sp³-hybridized carbons (Fsp3) is 0.214. The van der Waals surface area contributed by atoms with Gasteiger partial charge in [0.1, 0.15) is 5.75 Å². The first-order valence-corrected chi connectivity index (χ1v) is 8.15. The van der Waals surface area contributed by atoms with Crippen LogP contribution in [0.3, 0.4) is 0 Å². The van der Waals surface area contributed by atoms with Crippen molar-refractivity contribution < 1.29 is 5.11 Å². The largest absolute Gasteiger partial charge is 0.506 e. The second-order valence-electron chi connectivity index (χ2n) is 4.53. The third-order valence-corrected chi connectivity index (χ3v) is 3.79. The molecule has 0 atom stereocenters. The van der Waals surface area contributed by atoms with Crippen molar-refractivity contribution in [3.63, 3.8) is 0 Å². The summed E-state index contributed by atoms with van der Waals surface area (Å²) in [5, 5.41) is 13.9. The Bertz CT molecular complexity index is 759. The van der Waals surface area contributed by atoms with Crippen LogP contribution in [0.25, 0.3) is 0 Å². The number of halogens is 2. The van der Waals surface area contributed by atoms with E-state index < -0.39 is 0 Å². The number of hydrogen-bond donors (Lipinski definition) is 3. The average molecular weight is 430 g/mol. The van der Waals surface area contributed by atoms with Gasteiger partial charge in [-0.1, -0.05) is 29.3 Å². The Balaban J connectivity index is 2.18. The van der Waals surface area contributed by atoms with Crippen LogP contribution in [-0.4, -0.2) is 21.3 Å². The van der Waals surface area contributed by atoms with E-state index in [9.17, 15) is 9.90 Å². The minimum absolute atomic E-state index is 0.0786. The first-order valence-electron chi connectivity index (χ1n) is 6.57. The molecule has 0 amide bonds. The van der Waals surface area contributed by atoms with Crippen LogP contribution in [0.15, 0.2) is 37.0 Å². The van der Waals surface area contributed by atoms with Crippen molar-refractivity contribution in [1.82, 2.24) is 9.97 Å². The van der Waals surface area contributed by atoms with Crippen LogP contribution in [-0.2, 0) is 6.42 Å². The van der Waals surface area contributed by atoms with E-state index in [0.717, 1.165) is 17.3 Å². The zero-order valence-corrected chi connectivity index (χ0v) is 14.9. The highest BCUT2D eigenvalue weighted by atomic mass is 79.9. The van der Waals surface area contributed by atoms with Gasteiger partial charge >= 0.3 is 0 Å². The molecule has 0 fully saturated rings. The summed E-state index contributed by atoms with van der Waals surface area (Å²) in [6, 6.07) is 4.91. The third kappa shape index (κ3) is 4.41. The Kier molecular flexibility index (Phi) is 5.73. The zero-order chi connectivity index (χ0) is 16.1. The lowest BCUT2D eigenvalue weighted by Crippen LogP contribution is -2.12. The van der Waals surface area contributed by atoms with Gasteiger partial charge in [-0.05, 0) is 34.5 Å². The number of hydrazone groups is 1. The first-order chi connectivity index (χ1) is 10.5. The molecular formula is C14H14Br2N4O2. The lowest BCUT2D eigenvalue weighted by Gasteiger charge is -2.04. The number of aromatic amines is 1. The summed E-state index contributed by atoms with van der Waals surface area (Å²) in [5.74, 6) is 0.343. The van der Waals surface area contributed by atoms with Crippen LogP contribution in [0, 0.1) is 0 Å². The van der Waals surface area contributed by atoms with Crippen LogP contribution < -0.4 is 11.0 Å². The number of nitrogens with one attached hydrogen (secondary N) is 2. The minimum Gasteiger partial charge on any atom is -0.506 e. The lowest BCUT2D eigenvalue weighted by molar-refractivity contribution is 0.471. The molecule has 8 heteroatoms. The predicted octanol–water partition coefficient (Wildman–Crippen LogP) is 3.40. The lowest BCUT2D eigenvalue weighted by atomic mass is 10.2. The van der Waals surface area contributed by atoms with E-state index in [4.69, 9.17) is 0 Å². The fourth-order valence-corrected chi connectivity index (χ4v) is 3.05. The molecule has 0 radical (unpaired) electrons. The molecule has 2 rings (SSSR count). The molecule has 3 N–H and O–H groups in total. The number of hydrogen-bond acceptors (Lipinski definition) is 5. The number of aromatic hydroxyl groups is 1. The number of anilines is 1. The highest BCUT2D eigenvalue weighted by Gasteiger charge is 2.05. The monoisotopic (exact) mass is 428 g/mol. The molecule has 1 heterocycles. The predicted molar refractivity (Wildman–Crippen MR) is 93.6 cm³/mol. The Morgan fingerprint density at radius 3 is 2.91 bits per heavy atom. The highest BCUT2D eigenvalue weighted by Crippen LogP contribution is 2.30. The van der Waals surface area contributed by atoms with E-state index in [1.54, 1.807) is 12.1 Å². The molecule has 2 aromatic rings. The smallest absolute Gasteiger partial charge is 0.252 e. The van der Waals surface area contributed by atoms with Gasteiger partial charge in [0.15, 0.2) is 0 Å². The van der Waals surface area contributed by atoms with Crippen molar-refractivity contribution in [3.05, 3.63) is 48.8 Å². The fourth-order valence-electron chi connectivity index (χ4n) is 1.79. The van der Waals surface area contributed by atoms with Crippen molar-refractivity contribution in [2.24, 2.45) is 5.10 Å². The Labute approximate surface area is 143 Å². The van der Waals surface area contributed by atoms with Gasteiger partial charge in [-0.3, -0.25) is 9.78 Å². The molecule has 0 bridgehead atoms. The Morgan fingerprint density at radius 2 is 2.18 bits per heavy atom. The number of nitrogens with zero attached hydrogens (tertiary/aromatic N) is 2. The quantitative estimate of drug-likeness (QED) is 0.501. The molecule has 0 saturated heterocycles. The molecule has 1 aromatic carbocycles. The number of phenolic OH excluding ortho intramolecular Hbond substituents is 1. The first kappa shape index (κ1) is 16.7. The number of aryl methyl sites for hydroxylation is 1. The molecule has 0 unspecified atom stereocenters. The van der Waals surface area contributed by atoms with E-state index in [-0.39, 0.29) is 17.3 Å². The van der Waals surface area contributed by atoms with Crippen molar-refractivity contribution in [3.8, 4) is 5.75 Å². The molecule has 1 aromatic heterocycles. The minimum atomic E-state index is -0.232. The molecule has 0 saturated carbocycles.